The van der Waals surface area contributed by atoms with Crippen LogP contribution in [0.1, 0.15) is 28.0 Å². The maximum atomic E-state index is 12.3. The second kappa shape index (κ2) is 3.88. The average molecular weight is 222 g/mol. The Morgan fingerprint density at radius 1 is 1.57 bits per heavy atom. The van der Waals surface area contributed by atoms with Gasteiger partial charge in [0, 0.05) is 11.6 Å². The van der Waals surface area contributed by atoms with Crippen molar-refractivity contribution in [2.45, 2.75) is 13.3 Å². The predicted molar refractivity (Wildman–Crippen MR) is 46.9 cm³/mol. The average Bonchev–Trinajstić information content (AvgIpc) is 2.07. The Labute approximate surface area is 82.7 Å². The molecule has 0 fully saturated rings. The first kappa shape index (κ1) is 10.8. The van der Waals surface area contributed by atoms with Gasteiger partial charge >= 0.3 is 0 Å². The van der Waals surface area contributed by atoms with Crippen LogP contribution in [0.15, 0.2) is 10.9 Å². The number of carbonyl (C=O) groups excluding carboxylic acids is 1. The Hall–Kier alpha value is -1.23. The molecule has 76 valence electrons. The number of nitrogens with one attached hydrogen (secondary N) is 1. The monoisotopic (exact) mass is 221 g/mol. The van der Waals surface area contributed by atoms with Crippen molar-refractivity contribution in [3.63, 3.8) is 0 Å². The summed E-state index contributed by atoms with van der Waals surface area (Å²) in [5.74, 6) is 0. The highest BCUT2D eigenvalue weighted by Gasteiger charge is 2.17. The highest BCUT2D eigenvalue weighted by atomic mass is 35.5. The summed E-state index contributed by atoms with van der Waals surface area (Å²) < 4.78 is 24.7. The van der Waals surface area contributed by atoms with Crippen molar-refractivity contribution in [1.29, 1.82) is 0 Å². The Bertz CT molecular complexity index is 428. The van der Waals surface area contributed by atoms with Gasteiger partial charge in [-0.3, -0.25) is 9.59 Å². The van der Waals surface area contributed by atoms with Crippen LogP contribution in [0.3, 0.4) is 0 Å². The van der Waals surface area contributed by atoms with Gasteiger partial charge in [-0.15, -0.1) is 0 Å². The van der Waals surface area contributed by atoms with E-state index in [4.69, 9.17) is 11.6 Å². The minimum atomic E-state index is -2.80. The van der Waals surface area contributed by atoms with E-state index >= 15 is 0 Å². The second-order valence-electron chi connectivity index (χ2n) is 2.66. The lowest BCUT2D eigenvalue weighted by molar-refractivity contribution is 0.107. The molecule has 0 aliphatic carbocycles. The summed E-state index contributed by atoms with van der Waals surface area (Å²) >= 11 is 5.10. The van der Waals surface area contributed by atoms with Crippen LogP contribution in [0.5, 0.6) is 0 Å². The molecule has 1 heterocycles. The Kier molecular flexibility index (Phi) is 3.00. The standard InChI is InChI=1S/C8H6ClF2NO2/c1-3-4(8(10)11)2-5(13)12-6(3)7(9)14/h2,8H,1H3,(H,12,13). The Morgan fingerprint density at radius 3 is 2.57 bits per heavy atom. The lowest BCUT2D eigenvalue weighted by Gasteiger charge is -2.06. The fourth-order valence-corrected chi connectivity index (χ4v) is 1.26. The zero-order valence-electron chi connectivity index (χ0n) is 7.11. The molecular formula is C8H6ClF2NO2. The predicted octanol–water partition coefficient (Wildman–Crippen LogP) is 2.00. The van der Waals surface area contributed by atoms with E-state index < -0.39 is 22.8 Å². The number of H-pyrrole nitrogens is 1. The molecule has 1 aromatic heterocycles. The zero-order valence-corrected chi connectivity index (χ0v) is 7.86. The number of alkyl halides is 2. The number of pyridine rings is 1. The molecule has 0 unspecified atom stereocenters. The van der Waals surface area contributed by atoms with Gasteiger partial charge in [-0.1, -0.05) is 0 Å². The summed E-state index contributed by atoms with van der Waals surface area (Å²) in [6.07, 6.45) is -2.80. The second-order valence-corrected chi connectivity index (χ2v) is 3.01. The van der Waals surface area contributed by atoms with Gasteiger partial charge in [0.1, 0.15) is 5.69 Å². The lowest BCUT2D eigenvalue weighted by Crippen LogP contribution is -2.14. The SMILES string of the molecule is Cc1c(C(F)F)cc(=O)[nH]c1C(=O)Cl. The van der Waals surface area contributed by atoms with Crippen molar-refractivity contribution in [3.05, 3.63) is 33.2 Å². The summed E-state index contributed by atoms with van der Waals surface area (Å²) in [4.78, 5) is 23.7. The number of hydrogen-bond acceptors (Lipinski definition) is 2. The Balaban J connectivity index is 3.48. The molecule has 0 bridgehead atoms. The van der Waals surface area contributed by atoms with Gasteiger partial charge in [0.2, 0.25) is 5.56 Å². The molecule has 0 saturated carbocycles. The molecule has 0 radical (unpaired) electrons. The number of aromatic nitrogens is 1. The summed E-state index contributed by atoms with van der Waals surface area (Å²) in [7, 11) is 0. The number of hydrogen-bond donors (Lipinski definition) is 1. The minimum Gasteiger partial charge on any atom is -0.318 e. The first-order valence-electron chi connectivity index (χ1n) is 3.65. The molecule has 3 nitrogen and oxygen atoms in total. The molecule has 14 heavy (non-hydrogen) atoms. The Morgan fingerprint density at radius 2 is 2.14 bits per heavy atom. The summed E-state index contributed by atoms with van der Waals surface area (Å²) in [6, 6.07) is 0.753. The smallest absolute Gasteiger partial charge is 0.269 e. The van der Waals surface area contributed by atoms with Crippen molar-refractivity contribution in [1.82, 2.24) is 4.98 Å². The third kappa shape index (κ3) is 1.98. The first-order valence-corrected chi connectivity index (χ1v) is 4.03. The maximum Gasteiger partial charge on any atom is 0.269 e. The van der Waals surface area contributed by atoms with Gasteiger partial charge < -0.3 is 4.98 Å². The minimum absolute atomic E-state index is 0.000370. The first-order chi connectivity index (χ1) is 6.43. The molecule has 0 amide bonds. The third-order valence-electron chi connectivity index (χ3n) is 1.77. The van der Waals surface area contributed by atoms with Crippen molar-refractivity contribution in [2.24, 2.45) is 0 Å². The van der Waals surface area contributed by atoms with Crippen LogP contribution in [0.2, 0.25) is 0 Å². The van der Waals surface area contributed by atoms with Gasteiger partial charge in [0.15, 0.2) is 0 Å². The highest BCUT2D eigenvalue weighted by molar-refractivity contribution is 6.67. The van der Waals surface area contributed by atoms with Crippen molar-refractivity contribution in [3.8, 4) is 0 Å². The molecule has 0 aromatic carbocycles. The van der Waals surface area contributed by atoms with E-state index in [0.29, 0.717) is 0 Å². The topological polar surface area (TPSA) is 49.9 Å². The number of carbonyl (C=O) groups is 1. The van der Waals surface area contributed by atoms with E-state index in [9.17, 15) is 18.4 Å². The fraction of sp³-hybridized carbons (Fsp3) is 0.250. The van der Waals surface area contributed by atoms with Crippen molar-refractivity contribution in [2.75, 3.05) is 0 Å². The van der Waals surface area contributed by atoms with Crippen molar-refractivity contribution >= 4 is 16.8 Å². The number of halogens is 3. The maximum absolute atomic E-state index is 12.3. The van der Waals surface area contributed by atoms with Gasteiger partial charge in [0.05, 0.1) is 0 Å². The van der Waals surface area contributed by atoms with Crippen LogP contribution in [0.4, 0.5) is 8.78 Å². The fourth-order valence-electron chi connectivity index (χ4n) is 1.07. The van der Waals surface area contributed by atoms with E-state index in [2.05, 4.69) is 4.98 Å². The van der Waals surface area contributed by atoms with Gasteiger partial charge in [-0.05, 0) is 24.1 Å². The van der Waals surface area contributed by atoms with Crippen LogP contribution in [0, 0.1) is 6.92 Å². The molecule has 1 aromatic rings. The van der Waals surface area contributed by atoms with Crippen molar-refractivity contribution < 1.29 is 13.6 Å². The summed E-state index contributed by atoms with van der Waals surface area (Å²) in [5.41, 5.74) is -1.53. The molecule has 0 aliphatic rings. The highest BCUT2D eigenvalue weighted by Crippen LogP contribution is 2.22. The number of rotatable bonds is 2. The summed E-state index contributed by atoms with van der Waals surface area (Å²) in [5, 5.41) is -0.956. The van der Waals surface area contributed by atoms with E-state index in [1.54, 1.807) is 0 Å². The van der Waals surface area contributed by atoms with Crippen LogP contribution >= 0.6 is 11.6 Å². The van der Waals surface area contributed by atoms with Crippen LogP contribution < -0.4 is 5.56 Å². The molecule has 1 N–H and O–H groups in total. The molecule has 6 heteroatoms. The number of aromatic amines is 1. The van der Waals surface area contributed by atoms with E-state index in [1.165, 1.54) is 6.92 Å². The largest absolute Gasteiger partial charge is 0.318 e. The van der Waals surface area contributed by atoms with Gasteiger partial charge in [0.25, 0.3) is 11.7 Å². The van der Waals surface area contributed by atoms with E-state index in [0.717, 1.165) is 6.07 Å². The van der Waals surface area contributed by atoms with E-state index in [1.807, 2.05) is 0 Å². The normalized spacial score (nSPS) is 10.6. The van der Waals surface area contributed by atoms with Crippen LogP contribution in [0.25, 0.3) is 0 Å². The zero-order chi connectivity index (χ0) is 10.9. The molecule has 0 spiro atoms. The van der Waals surface area contributed by atoms with Crippen LogP contribution in [-0.4, -0.2) is 10.2 Å². The molecule has 0 atom stereocenters. The third-order valence-corrected chi connectivity index (χ3v) is 1.96. The molecule has 0 aliphatic heterocycles. The van der Waals surface area contributed by atoms with E-state index in [-0.39, 0.29) is 11.3 Å². The van der Waals surface area contributed by atoms with Gasteiger partial charge in [-0.2, -0.15) is 0 Å². The quantitative estimate of drug-likeness (QED) is 0.777. The molecule has 0 saturated heterocycles. The summed E-state index contributed by atoms with van der Waals surface area (Å²) in [6.45, 7) is 1.30. The van der Waals surface area contributed by atoms with Gasteiger partial charge in [-0.25, -0.2) is 8.78 Å². The molecule has 1 rings (SSSR count). The molecular weight excluding hydrogens is 216 g/mol. The lowest BCUT2D eigenvalue weighted by atomic mass is 10.1. The van der Waals surface area contributed by atoms with Crippen LogP contribution in [-0.2, 0) is 0 Å².